The van der Waals surface area contributed by atoms with E-state index >= 15 is 0 Å². The minimum absolute atomic E-state index is 0.269. The number of hydrogen-bond acceptors (Lipinski definition) is 5. The number of ether oxygens (including phenoxy) is 1. The molecule has 2 rings (SSSR count). The molecule has 0 bridgehead atoms. The summed E-state index contributed by atoms with van der Waals surface area (Å²) in [5.41, 5.74) is 1.20. The van der Waals surface area contributed by atoms with E-state index in [0.717, 1.165) is 5.39 Å². The fraction of sp³-hybridized carbons (Fsp3) is 0.286. The van der Waals surface area contributed by atoms with E-state index in [0.29, 0.717) is 11.1 Å². The minimum atomic E-state index is -1.41. The summed E-state index contributed by atoms with van der Waals surface area (Å²) in [6, 6.07) is 6.37. The second kappa shape index (κ2) is 5.94. The van der Waals surface area contributed by atoms with E-state index < -0.39 is 30.6 Å². The molecule has 112 valence electrons. The van der Waals surface area contributed by atoms with Gasteiger partial charge in [0, 0.05) is 10.9 Å². The van der Waals surface area contributed by atoms with E-state index in [-0.39, 0.29) is 5.69 Å². The SMILES string of the molecule is COC(=O)c1cc2ccc(C(O)C(O)CC(=O)O)cc2[nH]1. The lowest BCUT2D eigenvalue weighted by molar-refractivity contribution is -0.141. The van der Waals surface area contributed by atoms with Crippen molar-refractivity contribution < 1.29 is 29.6 Å². The van der Waals surface area contributed by atoms with E-state index in [2.05, 4.69) is 9.72 Å². The number of aromatic amines is 1. The van der Waals surface area contributed by atoms with Gasteiger partial charge >= 0.3 is 11.9 Å². The molecule has 1 aromatic heterocycles. The number of fused-ring (bicyclic) bond motifs is 1. The summed E-state index contributed by atoms with van der Waals surface area (Å²) in [5, 5.41) is 28.9. The van der Waals surface area contributed by atoms with Gasteiger partial charge < -0.3 is 25.0 Å². The largest absolute Gasteiger partial charge is 0.481 e. The molecule has 0 amide bonds. The molecule has 7 heteroatoms. The molecule has 0 spiro atoms. The molecule has 1 aromatic carbocycles. The number of H-pyrrole nitrogens is 1. The summed E-state index contributed by atoms with van der Waals surface area (Å²) in [5.74, 6) is -1.71. The average molecular weight is 293 g/mol. The van der Waals surface area contributed by atoms with Crippen LogP contribution < -0.4 is 0 Å². The van der Waals surface area contributed by atoms with Crippen molar-refractivity contribution in [3.05, 3.63) is 35.5 Å². The van der Waals surface area contributed by atoms with Crippen molar-refractivity contribution in [2.45, 2.75) is 18.6 Å². The average Bonchev–Trinajstić information content (AvgIpc) is 2.87. The van der Waals surface area contributed by atoms with E-state index in [1.807, 2.05) is 0 Å². The maximum Gasteiger partial charge on any atom is 0.354 e. The Balaban J connectivity index is 2.29. The molecular formula is C14H15NO6. The molecule has 21 heavy (non-hydrogen) atoms. The number of carbonyl (C=O) groups is 2. The second-order valence-electron chi connectivity index (χ2n) is 4.63. The lowest BCUT2D eigenvalue weighted by Gasteiger charge is -2.16. The number of nitrogens with one attached hydrogen (secondary N) is 1. The highest BCUT2D eigenvalue weighted by Crippen LogP contribution is 2.24. The normalized spacial score (nSPS) is 13.9. The monoisotopic (exact) mass is 293 g/mol. The van der Waals surface area contributed by atoms with Gasteiger partial charge in [-0.25, -0.2) is 4.79 Å². The number of aliphatic hydroxyl groups excluding tert-OH is 2. The number of aliphatic carboxylic acids is 1. The van der Waals surface area contributed by atoms with Gasteiger partial charge in [-0.2, -0.15) is 0 Å². The van der Waals surface area contributed by atoms with Crippen molar-refractivity contribution in [3.63, 3.8) is 0 Å². The Hall–Kier alpha value is -2.38. The van der Waals surface area contributed by atoms with E-state index in [9.17, 15) is 19.8 Å². The molecule has 0 aliphatic rings. The van der Waals surface area contributed by atoms with Crippen LogP contribution in [0.1, 0.15) is 28.6 Å². The van der Waals surface area contributed by atoms with Crippen molar-refractivity contribution in [2.75, 3.05) is 7.11 Å². The molecule has 0 radical (unpaired) electrons. The number of methoxy groups -OCH3 is 1. The maximum atomic E-state index is 11.4. The molecule has 0 fully saturated rings. The van der Waals surface area contributed by atoms with Gasteiger partial charge in [0.05, 0.1) is 19.6 Å². The number of carbonyl (C=O) groups excluding carboxylic acids is 1. The lowest BCUT2D eigenvalue weighted by atomic mass is 10.0. The first kappa shape index (κ1) is 15.0. The quantitative estimate of drug-likeness (QED) is 0.606. The first-order valence-corrected chi connectivity index (χ1v) is 6.21. The number of rotatable bonds is 5. The van der Waals surface area contributed by atoms with Gasteiger partial charge in [-0.3, -0.25) is 4.79 Å². The highest BCUT2D eigenvalue weighted by molar-refractivity contribution is 5.94. The third kappa shape index (κ3) is 3.21. The predicted octanol–water partition coefficient (Wildman–Crippen LogP) is 0.823. The van der Waals surface area contributed by atoms with Crippen LogP contribution in [0.5, 0.6) is 0 Å². The van der Waals surface area contributed by atoms with Gasteiger partial charge in [0.1, 0.15) is 11.8 Å². The van der Waals surface area contributed by atoms with Crippen LogP contribution in [0.3, 0.4) is 0 Å². The first-order valence-electron chi connectivity index (χ1n) is 6.21. The zero-order chi connectivity index (χ0) is 15.6. The van der Waals surface area contributed by atoms with Crippen LogP contribution in [0.2, 0.25) is 0 Å². The third-order valence-electron chi connectivity index (χ3n) is 3.14. The Bertz CT molecular complexity index is 677. The Morgan fingerprint density at radius 3 is 2.62 bits per heavy atom. The summed E-state index contributed by atoms with van der Waals surface area (Å²) >= 11 is 0. The van der Waals surface area contributed by atoms with E-state index in [1.54, 1.807) is 24.3 Å². The van der Waals surface area contributed by atoms with Gasteiger partial charge in [0.25, 0.3) is 0 Å². The molecule has 0 saturated carbocycles. The van der Waals surface area contributed by atoms with Crippen molar-refractivity contribution in [3.8, 4) is 0 Å². The number of hydrogen-bond donors (Lipinski definition) is 4. The molecule has 4 N–H and O–H groups in total. The number of carboxylic acid groups (broad SMARTS) is 1. The van der Waals surface area contributed by atoms with Crippen LogP contribution in [0.15, 0.2) is 24.3 Å². The Kier molecular flexibility index (Phi) is 4.25. The topological polar surface area (TPSA) is 120 Å². The van der Waals surface area contributed by atoms with Crippen LogP contribution in [-0.2, 0) is 9.53 Å². The standard InChI is InChI=1S/C14H15NO6/c1-21-14(20)10-4-7-2-3-8(5-9(7)15-10)13(19)11(16)6-12(17)18/h2-5,11,13,15-16,19H,6H2,1H3,(H,17,18). The van der Waals surface area contributed by atoms with Crippen LogP contribution in [0.4, 0.5) is 0 Å². The van der Waals surface area contributed by atoms with Gasteiger partial charge in [-0.15, -0.1) is 0 Å². The highest BCUT2D eigenvalue weighted by Gasteiger charge is 2.21. The van der Waals surface area contributed by atoms with Crippen LogP contribution in [-0.4, -0.2) is 45.5 Å². The third-order valence-corrected chi connectivity index (χ3v) is 3.14. The molecular weight excluding hydrogens is 278 g/mol. The van der Waals surface area contributed by atoms with E-state index in [1.165, 1.54) is 7.11 Å². The van der Waals surface area contributed by atoms with E-state index in [4.69, 9.17) is 5.11 Å². The zero-order valence-corrected chi connectivity index (χ0v) is 11.2. The van der Waals surface area contributed by atoms with Gasteiger partial charge in [-0.05, 0) is 17.7 Å². The smallest absolute Gasteiger partial charge is 0.354 e. The second-order valence-corrected chi connectivity index (χ2v) is 4.63. The number of carboxylic acids is 1. The first-order chi connectivity index (χ1) is 9.92. The summed E-state index contributed by atoms with van der Waals surface area (Å²) in [6.07, 6.45) is -3.29. The summed E-state index contributed by atoms with van der Waals surface area (Å²) in [6.45, 7) is 0. The Labute approximate surface area is 119 Å². The van der Waals surface area contributed by atoms with Crippen molar-refractivity contribution in [2.24, 2.45) is 0 Å². The molecule has 0 aliphatic heterocycles. The molecule has 2 aromatic rings. The van der Waals surface area contributed by atoms with Gasteiger partial charge in [-0.1, -0.05) is 12.1 Å². The number of aliphatic hydroxyl groups is 2. The fourth-order valence-corrected chi connectivity index (χ4v) is 2.06. The Morgan fingerprint density at radius 1 is 1.29 bits per heavy atom. The molecule has 7 nitrogen and oxygen atoms in total. The number of aromatic nitrogens is 1. The Morgan fingerprint density at radius 2 is 2.00 bits per heavy atom. The van der Waals surface area contributed by atoms with Gasteiger partial charge in [0.2, 0.25) is 0 Å². The summed E-state index contributed by atoms with van der Waals surface area (Å²) in [4.78, 5) is 24.8. The predicted molar refractivity (Wildman–Crippen MR) is 72.9 cm³/mol. The summed E-state index contributed by atoms with van der Waals surface area (Å²) < 4.78 is 4.60. The highest BCUT2D eigenvalue weighted by atomic mass is 16.5. The molecule has 0 saturated heterocycles. The van der Waals surface area contributed by atoms with Crippen molar-refractivity contribution >= 4 is 22.8 Å². The van der Waals surface area contributed by atoms with Gasteiger partial charge in [0.15, 0.2) is 0 Å². The lowest BCUT2D eigenvalue weighted by Crippen LogP contribution is -2.21. The fourth-order valence-electron chi connectivity index (χ4n) is 2.06. The molecule has 1 heterocycles. The van der Waals surface area contributed by atoms with Crippen LogP contribution in [0, 0.1) is 0 Å². The maximum absolute atomic E-state index is 11.4. The number of esters is 1. The van der Waals surface area contributed by atoms with Crippen LogP contribution in [0.25, 0.3) is 10.9 Å². The molecule has 0 aliphatic carbocycles. The number of benzene rings is 1. The zero-order valence-electron chi connectivity index (χ0n) is 11.2. The molecule has 2 atom stereocenters. The molecule has 2 unspecified atom stereocenters. The minimum Gasteiger partial charge on any atom is -0.481 e. The van der Waals surface area contributed by atoms with Crippen LogP contribution >= 0.6 is 0 Å². The summed E-state index contributed by atoms with van der Waals surface area (Å²) in [7, 11) is 1.27. The van der Waals surface area contributed by atoms with Crippen molar-refractivity contribution in [1.29, 1.82) is 0 Å². The van der Waals surface area contributed by atoms with Crippen molar-refractivity contribution in [1.82, 2.24) is 4.98 Å².